The lowest BCUT2D eigenvalue weighted by Crippen LogP contribution is -1.99. The van der Waals surface area contributed by atoms with E-state index in [2.05, 4.69) is 15.9 Å². The number of aryl methyl sites for hydroxylation is 1. The minimum atomic E-state index is -0.370. The van der Waals surface area contributed by atoms with Crippen LogP contribution in [0.3, 0.4) is 0 Å². The average Bonchev–Trinajstić information content (AvgIpc) is 2.83. The molecule has 2 aromatic carbocycles. The lowest BCUT2D eigenvalue weighted by molar-refractivity contribution is 0.101. The first-order valence-corrected chi connectivity index (χ1v) is 6.84. The van der Waals surface area contributed by atoms with Gasteiger partial charge in [0.1, 0.15) is 11.4 Å². The van der Waals surface area contributed by atoms with Crippen LogP contribution in [0.1, 0.15) is 21.7 Å². The molecule has 0 N–H and O–H groups in total. The highest BCUT2D eigenvalue weighted by molar-refractivity contribution is 9.10. The first-order chi connectivity index (χ1) is 9.54. The summed E-state index contributed by atoms with van der Waals surface area (Å²) in [5.41, 5.74) is 2.05. The van der Waals surface area contributed by atoms with Crippen LogP contribution >= 0.6 is 15.9 Å². The summed E-state index contributed by atoms with van der Waals surface area (Å²) in [6.45, 7) is 1.92. The van der Waals surface area contributed by atoms with Crippen molar-refractivity contribution in [1.82, 2.24) is 0 Å². The van der Waals surface area contributed by atoms with Crippen LogP contribution in [0.4, 0.5) is 4.39 Å². The molecule has 0 radical (unpaired) electrons. The number of carbonyl (C=O) groups excluding carboxylic acids is 1. The zero-order chi connectivity index (χ0) is 14.3. The van der Waals surface area contributed by atoms with Crippen molar-refractivity contribution in [2.24, 2.45) is 0 Å². The SMILES string of the molecule is Cc1cc(Br)cc2cc(C(=O)c3ccc(F)cc3)oc12. The molecule has 0 spiro atoms. The Bertz CT molecular complexity index is 803. The highest BCUT2D eigenvalue weighted by atomic mass is 79.9. The maximum atomic E-state index is 12.9. The van der Waals surface area contributed by atoms with Crippen LogP contribution in [0, 0.1) is 12.7 Å². The Balaban J connectivity index is 2.08. The third-order valence-corrected chi connectivity index (χ3v) is 3.55. The Labute approximate surface area is 123 Å². The van der Waals surface area contributed by atoms with Gasteiger partial charge in [-0.05, 0) is 55.0 Å². The van der Waals surface area contributed by atoms with Gasteiger partial charge in [-0.15, -0.1) is 0 Å². The number of halogens is 2. The van der Waals surface area contributed by atoms with Gasteiger partial charge in [0.05, 0.1) is 0 Å². The normalized spacial score (nSPS) is 10.9. The molecular weight excluding hydrogens is 323 g/mol. The summed E-state index contributed by atoms with van der Waals surface area (Å²) >= 11 is 3.41. The Kier molecular flexibility index (Phi) is 3.18. The van der Waals surface area contributed by atoms with E-state index in [4.69, 9.17) is 4.42 Å². The second-order valence-electron chi connectivity index (χ2n) is 4.59. The molecule has 3 aromatic rings. The molecule has 0 aliphatic heterocycles. The van der Waals surface area contributed by atoms with E-state index in [0.29, 0.717) is 11.1 Å². The molecule has 0 atom stereocenters. The summed E-state index contributed by atoms with van der Waals surface area (Å²) in [5, 5.41) is 0.863. The largest absolute Gasteiger partial charge is 0.452 e. The van der Waals surface area contributed by atoms with Gasteiger partial charge in [0.25, 0.3) is 0 Å². The van der Waals surface area contributed by atoms with E-state index in [9.17, 15) is 9.18 Å². The Hall–Kier alpha value is -1.94. The quantitative estimate of drug-likeness (QED) is 0.626. The van der Waals surface area contributed by atoms with E-state index in [1.807, 2.05) is 19.1 Å². The van der Waals surface area contributed by atoms with Crippen molar-refractivity contribution in [2.75, 3.05) is 0 Å². The summed E-state index contributed by atoms with van der Waals surface area (Å²) in [6.07, 6.45) is 0. The fourth-order valence-electron chi connectivity index (χ4n) is 2.14. The van der Waals surface area contributed by atoms with Crippen molar-refractivity contribution < 1.29 is 13.6 Å². The fourth-order valence-corrected chi connectivity index (χ4v) is 2.73. The number of furan rings is 1. The number of rotatable bonds is 2. The van der Waals surface area contributed by atoms with Crippen molar-refractivity contribution in [3.8, 4) is 0 Å². The number of ketones is 1. The van der Waals surface area contributed by atoms with Gasteiger partial charge < -0.3 is 4.42 Å². The monoisotopic (exact) mass is 332 g/mol. The molecule has 4 heteroatoms. The van der Waals surface area contributed by atoms with Crippen LogP contribution < -0.4 is 0 Å². The van der Waals surface area contributed by atoms with E-state index in [1.165, 1.54) is 24.3 Å². The van der Waals surface area contributed by atoms with Gasteiger partial charge in [0.2, 0.25) is 5.78 Å². The van der Waals surface area contributed by atoms with Crippen LogP contribution in [0.5, 0.6) is 0 Å². The molecule has 1 heterocycles. The molecule has 0 unspecified atom stereocenters. The number of hydrogen-bond donors (Lipinski definition) is 0. The van der Waals surface area contributed by atoms with Gasteiger partial charge in [-0.25, -0.2) is 4.39 Å². The molecule has 1 aromatic heterocycles. The minimum Gasteiger partial charge on any atom is -0.452 e. The van der Waals surface area contributed by atoms with E-state index in [-0.39, 0.29) is 17.4 Å². The van der Waals surface area contributed by atoms with Gasteiger partial charge in [0.15, 0.2) is 5.76 Å². The molecule has 3 rings (SSSR count). The Morgan fingerprint density at radius 1 is 1.15 bits per heavy atom. The van der Waals surface area contributed by atoms with Gasteiger partial charge >= 0.3 is 0 Å². The maximum absolute atomic E-state index is 12.9. The average molecular weight is 333 g/mol. The molecule has 20 heavy (non-hydrogen) atoms. The van der Waals surface area contributed by atoms with Crippen molar-refractivity contribution in [1.29, 1.82) is 0 Å². The first-order valence-electron chi connectivity index (χ1n) is 6.04. The van der Waals surface area contributed by atoms with Crippen molar-refractivity contribution >= 4 is 32.7 Å². The zero-order valence-corrected chi connectivity index (χ0v) is 12.2. The zero-order valence-electron chi connectivity index (χ0n) is 10.6. The standard InChI is InChI=1S/C16H10BrFO2/c1-9-6-12(17)7-11-8-14(20-16(9)11)15(19)10-2-4-13(18)5-3-10/h2-8H,1H3. The predicted octanol–water partition coefficient (Wildman–Crippen LogP) is 4.87. The lowest BCUT2D eigenvalue weighted by Gasteiger charge is -1.97. The highest BCUT2D eigenvalue weighted by Gasteiger charge is 2.16. The summed E-state index contributed by atoms with van der Waals surface area (Å²) in [5.74, 6) is -0.365. The summed E-state index contributed by atoms with van der Waals surface area (Å²) in [6, 6.07) is 11.0. The topological polar surface area (TPSA) is 30.2 Å². The van der Waals surface area contributed by atoms with Gasteiger partial charge in [0, 0.05) is 15.4 Å². The van der Waals surface area contributed by atoms with E-state index >= 15 is 0 Å². The van der Waals surface area contributed by atoms with Crippen molar-refractivity contribution in [3.05, 3.63) is 69.6 Å². The summed E-state index contributed by atoms with van der Waals surface area (Å²) < 4.78 is 19.4. The Morgan fingerprint density at radius 3 is 2.55 bits per heavy atom. The van der Waals surface area contributed by atoms with E-state index < -0.39 is 0 Å². The summed E-state index contributed by atoms with van der Waals surface area (Å²) in [7, 11) is 0. The van der Waals surface area contributed by atoms with Crippen LogP contribution in [0.2, 0.25) is 0 Å². The molecule has 0 aliphatic carbocycles. The number of hydrogen-bond acceptors (Lipinski definition) is 2. The lowest BCUT2D eigenvalue weighted by atomic mass is 10.1. The van der Waals surface area contributed by atoms with Crippen LogP contribution in [0.25, 0.3) is 11.0 Å². The van der Waals surface area contributed by atoms with E-state index in [1.54, 1.807) is 6.07 Å². The van der Waals surface area contributed by atoms with E-state index in [0.717, 1.165) is 15.4 Å². The van der Waals surface area contributed by atoms with Crippen LogP contribution in [0.15, 0.2) is 51.4 Å². The smallest absolute Gasteiger partial charge is 0.228 e. The molecule has 0 bridgehead atoms. The third-order valence-electron chi connectivity index (χ3n) is 3.10. The predicted molar refractivity (Wildman–Crippen MR) is 78.5 cm³/mol. The van der Waals surface area contributed by atoms with Crippen LogP contribution in [-0.2, 0) is 0 Å². The molecule has 0 saturated carbocycles. The molecule has 0 saturated heterocycles. The molecule has 0 aliphatic rings. The number of benzene rings is 2. The molecule has 2 nitrogen and oxygen atoms in total. The Morgan fingerprint density at radius 2 is 1.85 bits per heavy atom. The molecule has 0 amide bonds. The summed E-state index contributed by atoms with van der Waals surface area (Å²) in [4.78, 5) is 12.3. The van der Waals surface area contributed by atoms with Crippen LogP contribution in [-0.4, -0.2) is 5.78 Å². The maximum Gasteiger partial charge on any atom is 0.228 e. The molecule has 0 fully saturated rings. The fraction of sp³-hybridized carbons (Fsp3) is 0.0625. The number of fused-ring (bicyclic) bond motifs is 1. The van der Waals surface area contributed by atoms with Crippen molar-refractivity contribution in [3.63, 3.8) is 0 Å². The first kappa shape index (κ1) is 13.1. The highest BCUT2D eigenvalue weighted by Crippen LogP contribution is 2.28. The molecule has 100 valence electrons. The van der Waals surface area contributed by atoms with Gasteiger partial charge in [-0.2, -0.15) is 0 Å². The van der Waals surface area contributed by atoms with Crippen molar-refractivity contribution in [2.45, 2.75) is 6.92 Å². The second-order valence-corrected chi connectivity index (χ2v) is 5.50. The third kappa shape index (κ3) is 2.27. The minimum absolute atomic E-state index is 0.253. The molecular formula is C16H10BrFO2. The van der Waals surface area contributed by atoms with Gasteiger partial charge in [-0.1, -0.05) is 15.9 Å². The second kappa shape index (κ2) is 4.87. The number of carbonyl (C=O) groups is 1. The van der Waals surface area contributed by atoms with Gasteiger partial charge in [-0.3, -0.25) is 4.79 Å².